The van der Waals surface area contributed by atoms with Crippen molar-refractivity contribution in [3.8, 4) is 0 Å². The van der Waals surface area contributed by atoms with Crippen molar-refractivity contribution in [3.05, 3.63) is 0 Å². The third kappa shape index (κ3) is 0.407. The van der Waals surface area contributed by atoms with Crippen LogP contribution in [-0.2, 0) is 0 Å². The maximum Gasteiger partial charge on any atom is 0.0132 e. The highest BCUT2D eigenvalue weighted by molar-refractivity contribution is 5.29. The molecule has 1 nitrogen and oxygen atoms in total. The van der Waals surface area contributed by atoms with E-state index in [1.165, 1.54) is 35.5 Å². The fourth-order valence-electron chi connectivity index (χ4n) is 7.01. The van der Waals surface area contributed by atoms with Crippen LogP contribution in [0.4, 0.5) is 0 Å². The van der Waals surface area contributed by atoms with E-state index in [1.54, 1.807) is 12.8 Å². The molecule has 6 aliphatic rings. The molecular weight excluding hydrogens is 158 g/mol. The molecule has 0 heterocycles. The van der Waals surface area contributed by atoms with Crippen LogP contribution in [0.25, 0.3) is 0 Å². The molecule has 0 aromatic rings. The van der Waals surface area contributed by atoms with Gasteiger partial charge in [-0.05, 0) is 67.2 Å². The Morgan fingerprint density at radius 1 is 0.769 bits per heavy atom. The van der Waals surface area contributed by atoms with Crippen molar-refractivity contribution in [2.45, 2.75) is 18.9 Å². The Hall–Kier alpha value is -0.0400. The zero-order chi connectivity index (χ0) is 8.32. The molecule has 70 valence electrons. The molecule has 0 saturated heterocycles. The lowest BCUT2D eigenvalue weighted by atomic mass is 9.71. The molecule has 6 rings (SSSR count). The van der Waals surface area contributed by atoms with E-state index in [9.17, 15) is 0 Å². The van der Waals surface area contributed by atoms with E-state index in [4.69, 9.17) is 0 Å². The standard InChI is InChI=1S/C12H17N/c1-13-12-10-6-2-4-5-3-7(8(4)10)11(12)9(5)6/h4-13H,2-3H2,1H3. The van der Waals surface area contributed by atoms with Gasteiger partial charge in [-0.1, -0.05) is 0 Å². The zero-order valence-electron chi connectivity index (χ0n) is 8.11. The fraction of sp³-hybridized carbons (Fsp3) is 1.00. The van der Waals surface area contributed by atoms with E-state index in [1.807, 2.05) is 0 Å². The summed E-state index contributed by atoms with van der Waals surface area (Å²) >= 11 is 0. The predicted octanol–water partition coefficient (Wildman–Crippen LogP) is 1.35. The van der Waals surface area contributed by atoms with E-state index in [-0.39, 0.29) is 0 Å². The first-order valence-corrected chi connectivity index (χ1v) is 6.09. The highest BCUT2D eigenvalue weighted by Gasteiger charge is 2.79. The molecule has 0 aromatic heterocycles. The summed E-state index contributed by atoms with van der Waals surface area (Å²) in [4.78, 5) is 0. The number of rotatable bonds is 1. The first-order valence-electron chi connectivity index (χ1n) is 6.09. The minimum absolute atomic E-state index is 0.947. The van der Waals surface area contributed by atoms with Gasteiger partial charge < -0.3 is 5.32 Å². The van der Waals surface area contributed by atoms with Crippen molar-refractivity contribution in [1.82, 2.24) is 5.32 Å². The van der Waals surface area contributed by atoms with E-state index >= 15 is 0 Å². The molecule has 0 aromatic carbocycles. The topological polar surface area (TPSA) is 12.0 Å². The van der Waals surface area contributed by atoms with Crippen LogP contribution < -0.4 is 5.32 Å². The van der Waals surface area contributed by atoms with E-state index < -0.39 is 0 Å². The largest absolute Gasteiger partial charge is 0.316 e. The molecule has 1 N–H and O–H groups in total. The molecule has 0 spiro atoms. The highest BCUT2D eigenvalue weighted by Crippen LogP contribution is 2.82. The third-order valence-electron chi connectivity index (χ3n) is 6.66. The summed E-state index contributed by atoms with van der Waals surface area (Å²) in [5, 5.41) is 3.64. The Bertz CT molecular complexity index is 271. The molecule has 6 bridgehead atoms. The van der Waals surface area contributed by atoms with Crippen LogP contribution in [0.1, 0.15) is 12.8 Å². The number of nitrogens with one attached hydrogen (secondary N) is 1. The van der Waals surface area contributed by atoms with Gasteiger partial charge in [0, 0.05) is 6.04 Å². The molecular formula is C12H17N. The molecule has 6 saturated carbocycles. The van der Waals surface area contributed by atoms with Gasteiger partial charge in [0.25, 0.3) is 0 Å². The van der Waals surface area contributed by atoms with Crippen LogP contribution in [0.2, 0.25) is 0 Å². The minimum atomic E-state index is 0.947. The van der Waals surface area contributed by atoms with E-state index in [0.717, 1.165) is 17.9 Å². The Morgan fingerprint density at radius 3 is 1.77 bits per heavy atom. The van der Waals surface area contributed by atoms with Crippen LogP contribution in [0, 0.1) is 47.3 Å². The summed E-state index contributed by atoms with van der Waals surface area (Å²) < 4.78 is 0. The lowest BCUT2D eigenvalue weighted by molar-refractivity contribution is 0.132. The van der Waals surface area contributed by atoms with Gasteiger partial charge in [-0.3, -0.25) is 0 Å². The summed E-state index contributed by atoms with van der Waals surface area (Å²) in [6.45, 7) is 0. The summed E-state index contributed by atoms with van der Waals surface area (Å²) in [5.74, 6) is 9.44. The lowest BCUT2D eigenvalue weighted by Crippen LogP contribution is -2.31. The average Bonchev–Trinajstić information content (AvgIpc) is 2.78. The summed E-state index contributed by atoms with van der Waals surface area (Å²) in [6.07, 6.45) is 3.27. The normalized spacial score (nSPS) is 79.6. The number of hydrogen-bond acceptors (Lipinski definition) is 1. The second kappa shape index (κ2) is 1.60. The van der Waals surface area contributed by atoms with Crippen molar-refractivity contribution in [1.29, 1.82) is 0 Å². The predicted molar refractivity (Wildman–Crippen MR) is 50.0 cm³/mol. The molecule has 8 atom stereocenters. The summed E-state index contributed by atoms with van der Waals surface area (Å²) in [7, 11) is 2.20. The van der Waals surface area contributed by atoms with Gasteiger partial charge in [-0.25, -0.2) is 0 Å². The zero-order valence-corrected chi connectivity index (χ0v) is 8.11. The van der Waals surface area contributed by atoms with Crippen LogP contribution >= 0.6 is 0 Å². The third-order valence-corrected chi connectivity index (χ3v) is 6.66. The van der Waals surface area contributed by atoms with Crippen molar-refractivity contribution in [2.75, 3.05) is 7.05 Å². The Balaban J connectivity index is 1.79. The van der Waals surface area contributed by atoms with Crippen molar-refractivity contribution in [2.24, 2.45) is 47.3 Å². The Labute approximate surface area is 79.3 Å². The smallest absolute Gasteiger partial charge is 0.0132 e. The van der Waals surface area contributed by atoms with Crippen LogP contribution in [0.5, 0.6) is 0 Å². The molecule has 6 aliphatic carbocycles. The van der Waals surface area contributed by atoms with Gasteiger partial charge in [0.2, 0.25) is 0 Å². The van der Waals surface area contributed by atoms with Crippen molar-refractivity contribution in [3.63, 3.8) is 0 Å². The van der Waals surface area contributed by atoms with Gasteiger partial charge in [-0.15, -0.1) is 0 Å². The Kier molecular flexibility index (Phi) is 0.793. The first-order chi connectivity index (χ1) is 6.42. The summed E-state index contributed by atoms with van der Waals surface area (Å²) in [6, 6.07) is 0.947. The molecule has 1 heteroatoms. The molecule has 13 heavy (non-hydrogen) atoms. The molecule has 0 amide bonds. The molecule has 0 aliphatic heterocycles. The van der Waals surface area contributed by atoms with Gasteiger partial charge >= 0.3 is 0 Å². The highest BCUT2D eigenvalue weighted by atomic mass is 15.0. The second-order valence-corrected chi connectivity index (χ2v) is 6.25. The maximum absolute atomic E-state index is 3.64. The van der Waals surface area contributed by atoms with Crippen LogP contribution in [0.15, 0.2) is 0 Å². The lowest BCUT2D eigenvalue weighted by Gasteiger charge is -2.33. The van der Waals surface area contributed by atoms with Gasteiger partial charge in [0.15, 0.2) is 0 Å². The molecule has 0 radical (unpaired) electrons. The van der Waals surface area contributed by atoms with Gasteiger partial charge in [0.05, 0.1) is 0 Å². The van der Waals surface area contributed by atoms with Gasteiger partial charge in [-0.2, -0.15) is 0 Å². The fourth-order valence-corrected chi connectivity index (χ4v) is 7.01. The van der Waals surface area contributed by atoms with Crippen molar-refractivity contribution < 1.29 is 0 Å². The van der Waals surface area contributed by atoms with E-state index in [2.05, 4.69) is 12.4 Å². The van der Waals surface area contributed by atoms with E-state index in [0.29, 0.717) is 0 Å². The maximum atomic E-state index is 3.64. The van der Waals surface area contributed by atoms with Crippen LogP contribution in [0.3, 0.4) is 0 Å². The quantitative estimate of drug-likeness (QED) is 0.634. The molecule has 8 unspecified atom stereocenters. The second-order valence-electron chi connectivity index (χ2n) is 6.25. The SMILES string of the molecule is CNC1C2C3CC4C5CC(C42)C1C53. The van der Waals surface area contributed by atoms with Crippen molar-refractivity contribution >= 4 is 0 Å². The van der Waals surface area contributed by atoms with Gasteiger partial charge in [0.1, 0.15) is 0 Å². The first kappa shape index (κ1) is 6.44. The monoisotopic (exact) mass is 175 g/mol. The molecule has 6 fully saturated rings. The average molecular weight is 175 g/mol. The summed E-state index contributed by atoms with van der Waals surface area (Å²) in [5.41, 5.74) is 0. The Morgan fingerprint density at radius 2 is 1.31 bits per heavy atom. The van der Waals surface area contributed by atoms with Crippen LogP contribution in [-0.4, -0.2) is 13.1 Å². The minimum Gasteiger partial charge on any atom is -0.316 e. The number of hydrogen-bond donors (Lipinski definition) is 1.